The summed E-state index contributed by atoms with van der Waals surface area (Å²) in [6, 6.07) is 17.5. The maximum absolute atomic E-state index is 11.2. The van der Waals surface area contributed by atoms with Crippen LogP contribution in [0.15, 0.2) is 54.7 Å². The van der Waals surface area contributed by atoms with Crippen LogP contribution in [0.1, 0.15) is 24.0 Å². The molecule has 1 aromatic heterocycles. The third-order valence-electron chi connectivity index (χ3n) is 3.92. The maximum atomic E-state index is 11.2. The van der Waals surface area contributed by atoms with Crippen molar-refractivity contribution in [2.45, 2.75) is 12.8 Å². The molecule has 22 heavy (non-hydrogen) atoms. The minimum absolute atomic E-state index is 0.298. The van der Waals surface area contributed by atoms with Crippen LogP contribution in [0.4, 0.5) is 0 Å². The van der Waals surface area contributed by atoms with Gasteiger partial charge in [0, 0.05) is 17.3 Å². The van der Waals surface area contributed by atoms with E-state index in [1.165, 1.54) is 0 Å². The molecule has 0 saturated carbocycles. The molecule has 0 spiro atoms. The lowest BCUT2D eigenvalue weighted by Gasteiger charge is -2.10. The summed E-state index contributed by atoms with van der Waals surface area (Å²) in [5.41, 5.74) is 8.92. The SMILES string of the molecule is CC(C(N)=O)c1ccc(-n2ccc3cc(C#N)ccc32)cc1. The Morgan fingerprint density at radius 3 is 2.55 bits per heavy atom. The topological polar surface area (TPSA) is 71.8 Å². The number of nitrogens with zero attached hydrogens (tertiary/aromatic N) is 2. The van der Waals surface area contributed by atoms with Gasteiger partial charge in [-0.1, -0.05) is 12.1 Å². The first-order valence-corrected chi connectivity index (χ1v) is 7.01. The van der Waals surface area contributed by atoms with Crippen molar-refractivity contribution >= 4 is 16.8 Å². The van der Waals surface area contributed by atoms with Crippen LogP contribution in [0.25, 0.3) is 16.6 Å². The van der Waals surface area contributed by atoms with E-state index in [4.69, 9.17) is 11.0 Å². The average molecular weight is 289 g/mol. The summed E-state index contributed by atoms with van der Waals surface area (Å²) in [5, 5.41) is 9.98. The van der Waals surface area contributed by atoms with Crippen molar-refractivity contribution in [2.24, 2.45) is 5.73 Å². The number of fused-ring (bicyclic) bond motifs is 1. The van der Waals surface area contributed by atoms with Crippen molar-refractivity contribution in [2.75, 3.05) is 0 Å². The second-order valence-electron chi connectivity index (χ2n) is 5.29. The molecule has 0 aliphatic rings. The smallest absolute Gasteiger partial charge is 0.224 e. The van der Waals surface area contributed by atoms with Gasteiger partial charge in [-0.05, 0) is 48.9 Å². The predicted octanol–water partition coefficient (Wildman–Crippen LogP) is 3.09. The summed E-state index contributed by atoms with van der Waals surface area (Å²) in [7, 11) is 0. The summed E-state index contributed by atoms with van der Waals surface area (Å²) in [4.78, 5) is 11.2. The molecule has 0 bridgehead atoms. The average Bonchev–Trinajstić information content (AvgIpc) is 2.97. The van der Waals surface area contributed by atoms with Gasteiger partial charge < -0.3 is 10.3 Å². The summed E-state index contributed by atoms with van der Waals surface area (Å²) in [6.45, 7) is 1.80. The first-order valence-electron chi connectivity index (χ1n) is 7.01. The monoisotopic (exact) mass is 289 g/mol. The molecule has 2 N–H and O–H groups in total. The highest BCUT2D eigenvalue weighted by Gasteiger charge is 2.11. The third-order valence-corrected chi connectivity index (χ3v) is 3.92. The zero-order valence-corrected chi connectivity index (χ0v) is 12.2. The molecule has 0 fully saturated rings. The van der Waals surface area contributed by atoms with Gasteiger partial charge in [-0.15, -0.1) is 0 Å². The number of hydrogen-bond acceptors (Lipinski definition) is 2. The van der Waals surface area contributed by atoms with Crippen LogP contribution in [0.2, 0.25) is 0 Å². The first kappa shape index (κ1) is 13.9. The molecule has 0 aliphatic heterocycles. The summed E-state index contributed by atoms with van der Waals surface area (Å²) in [5.74, 6) is -0.628. The predicted molar refractivity (Wildman–Crippen MR) is 85.6 cm³/mol. The van der Waals surface area contributed by atoms with Crippen LogP contribution in [0.5, 0.6) is 0 Å². The number of amides is 1. The van der Waals surface area contributed by atoms with E-state index in [2.05, 4.69) is 10.6 Å². The largest absolute Gasteiger partial charge is 0.369 e. The Morgan fingerprint density at radius 1 is 1.18 bits per heavy atom. The second kappa shape index (κ2) is 5.38. The molecule has 3 rings (SSSR count). The van der Waals surface area contributed by atoms with Crippen LogP contribution in [-0.2, 0) is 4.79 Å². The number of carbonyl (C=O) groups excluding carboxylic acids is 1. The lowest BCUT2D eigenvalue weighted by Crippen LogP contribution is -2.18. The van der Waals surface area contributed by atoms with Gasteiger partial charge >= 0.3 is 0 Å². The molecule has 1 heterocycles. The van der Waals surface area contributed by atoms with Gasteiger partial charge in [-0.3, -0.25) is 4.79 Å². The number of primary amides is 1. The van der Waals surface area contributed by atoms with Crippen molar-refractivity contribution in [1.29, 1.82) is 5.26 Å². The van der Waals surface area contributed by atoms with Gasteiger partial charge in [-0.2, -0.15) is 5.26 Å². The van der Waals surface area contributed by atoms with E-state index < -0.39 is 0 Å². The van der Waals surface area contributed by atoms with Crippen LogP contribution in [-0.4, -0.2) is 10.5 Å². The molecule has 1 atom stereocenters. The fourth-order valence-corrected chi connectivity index (χ4v) is 2.53. The molecule has 4 nitrogen and oxygen atoms in total. The Kier molecular flexibility index (Phi) is 3.40. The van der Waals surface area contributed by atoms with E-state index in [0.29, 0.717) is 5.56 Å². The summed E-state index contributed by atoms with van der Waals surface area (Å²) in [6.07, 6.45) is 1.97. The van der Waals surface area contributed by atoms with E-state index in [-0.39, 0.29) is 11.8 Å². The molecular formula is C18H15N3O. The van der Waals surface area contributed by atoms with Crippen molar-refractivity contribution in [1.82, 2.24) is 4.57 Å². The Morgan fingerprint density at radius 2 is 1.91 bits per heavy atom. The van der Waals surface area contributed by atoms with Crippen LogP contribution >= 0.6 is 0 Å². The van der Waals surface area contributed by atoms with Gasteiger partial charge in [0.2, 0.25) is 5.91 Å². The van der Waals surface area contributed by atoms with Gasteiger partial charge in [-0.25, -0.2) is 0 Å². The number of nitriles is 1. The number of rotatable bonds is 3. The zero-order valence-electron chi connectivity index (χ0n) is 12.2. The van der Waals surface area contributed by atoms with Gasteiger partial charge in [0.25, 0.3) is 0 Å². The molecule has 0 radical (unpaired) electrons. The minimum Gasteiger partial charge on any atom is -0.369 e. The van der Waals surface area contributed by atoms with Gasteiger partial charge in [0.15, 0.2) is 0 Å². The van der Waals surface area contributed by atoms with E-state index >= 15 is 0 Å². The first-order chi connectivity index (χ1) is 10.6. The van der Waals surface area contributed by atoms with Crippen LogP contribution in [0.3, 0.4) is 0 Å². The molecule has 108 valence electrons. The molecule has 2 aromatic carbocycles. The molecule has 3 aromatic rings. The van der Waals surface area contributed by atoms with E-state index in [9.17, 15) is 4.79 Å². The molecular weight excluding hydrogens is 274 g/mol. The van der Waals surface area contributed by atoms with Crippen molar-refractivity contribution in [3.63, 3.8) is 0 Å². The van der Waals surface area contributed by atoms with Gasteiger partial charge in [0.1, 0.15) is 0 Å². The third kappa shape index (κ3) is 2.33. The van der Waals surface area contributed by atoms with Crippen molar-refractivity contribution < 1.29 is 4.79 Å². The highest BCUT2D eigenvalue weighted by molar-refractivity contribution is 5.84. The van der Waals surface area contributed by atoms with Crippen molar-refractivity contribution in [3.8, 4) is 11.8 Å². The lowest BCUT2D eigenvalue weighted by molar-refractivity contribution is -0.119. The number of carbonyl (C=O) groups is 1. The Hall–Kier alpha value is -3.06. The Labute approximate surface area is 128 Å². The van der Waals surface area contributed by atoms with E-state index in [0.717, 1.165) is 22.2 Å². The second-order valence-corrected chi connectivity index (χ2v) is 5.29. The van der Waals surface area contributed by atoms with Crippen molar-refractivity contribution in [3.05, 3.63) is 65.9 Å². The van der Waals surface area contributed by atoms with E-state index in [1.807, 2.05) is 54.7 Å². The molecule has 4 heteroatoms. The number of benzene rings is 2. The van der Waals surface area contributed by atoms with Crippen LogP contribution < -0.4 is 5.73 Å². The standard InChI is InChI=1S/C18H15N3O/c1-12(18(20)22)14-3-5-16(6-4-14)21-9-8-15-10-13(11-19)2-7-17(15)21/h2-10,12H,1H3,(H2,20,22). The number of hydrogen-bond donors (Lipinski definition) is 1. The quantitative estimate of drug-likeness (QED) is 0.804. The normalized spacial score (nSPS) is 12.0. The molecule has 0 saturated heterocycles. The van der Waals surface area contributed by atoms with Gasteiger partial charge in [0.05, 0.1) is 23.1 Å². The zero-order chi connectivity index (χ0) is 15.7. The minimum atomic E-state index is -0.330. The fourth-order valence-electron chi connectivity index (χ4n) is 2.53. The number of nitrogens with two attached hydrogens (primary N) is 1. The Balaban J connectivity index is 2.01. The fraction of sp³-hybridized carbons (Fsp3) is 0.111. The lowest BCUT2D eigenvalue weighted by atomic mass is 10.0. The maximum Gasteiger partial charge on any atom is 0.224 e. The highest BCUT2D eigenvalue weighted by atomic mass is 16.1. The Bertz CT molecular complexity index is 885. The molecule has 1 amide bonds. The summed E-state index contributed by atoms with van der Waals surface area (Å²) >= 11 is 0. The highest BCUT2D eigenvalue weighted by Crippen LogP contribution is 2.23. The molecule has 1 unspecified atom stereocenters. The van der Waals surface area contributed by atoms with Crippen LogP contribution in [0, 0.1) is 11.3 Å². The molecule has 0 aliphatic carbocycles. The number of aromatic nitrogens is 1. The van der Waals surface area contributed by atoms with E-state index in [1.54, 1.807) is 6.92 Å². The summed E-state index contributed by atoms with van der Waals surface area (Å²) < 4.78 is 2.05.